The molecule has 0 bridgehead atoms. The predicted molar refractivity (Wildman–Crippen MR) is 72.1 cm³/mol. The van der Waals surface area contributed by atoms with Gasteiger partial charge in [0.2, 0.25) is 0 Å². The summed E-state index contributed by atoms with van der Waals surface area (Å²) in [6, 6.07) is 6.05. The van der Waals surface area contributed by atoms with Crippen molar-refractivity contribution in [2.24, 2.45) is 5.92 Å². The Morgan fingerprint density at radius 2 is 1.20 bits per heavy atom. The second-order valence-electron chi connectivity index (χ2n) is 5.08. The van der Waals surface area contributed by atoms with Gasteiger partial charge in [0, 0.05) is 12.3 Å². The van der Waals surface area contributed by atoms with Crippen LogP contribution in [0.5, 0.6) is 0 Å². The summed E-state index contributed by atoms with van der Waals surface area (Å²) in [5.41, 5.74) is 0.875. The van der Waals surface area contributed by atoms with Crippen LogP contribution in [-0.2, 0) is 20.8 Å². The zero-order valence-electron chi connectivity index (χ0n) is 13.0. The molecule has 0 N–H and O–H groups in total. The molecule has 10 heteroatoms. The number of Topliss-reactive ketones (excluding diaryl/α,β-unsaturated/α-hetero) is 3. The summed E-state index contributed by atoms with van der Waals surface area (Å²) in [4.78, 5) is 30.5. The van der Waals surface area contributed by atoms with Crippen LogP contribution in [0, 0.1) is 11.7 Å². The molecule has 1 rings (SSSR count). The number of hydrogen-bond donors (Lipinski definition) is 0. The molecule has 0 saturated carbocycles. The average Bonchev–Trinajstić information content (AvgIpc) is 2.46. The molecule has 1 aromatic carbocycles. The monoisotopic (exact) mass is 374 g/mol. The van der Waals surface area contributed by atoms with Crippen LogP contribution in [-0.4, -0.2) is 29.7 Å². The van der Waals surface area contributed by atoms with E-state index in [2.05, 4.69) is 0 Å². The van der Waals surface area contributed by atoms with Gasteiger partial charge in [-0.1, -0.05) is 26.0 Å². The van der Waals surface area contributed by atoms with Gasteiger partial charge in [0.15, 0.2) is 0 Å². The third-order valence-corrected chi connectivity index (χ3v) is 2.66. The molecule has 1 aromatic rings. The van der Waals surface area contributed by atoms with Gasteiger partial charge in [-0.05, 0) is 17.7 Å². The number of hydrogen-bond acceptors (Lipinski definition) is 3. The van der Waals surface area contributed by atoms with Crippen molar-refractivity contribution in [1.82, 2.24) is 0 Å². The molecule has 0 aliphatic rings. The van der Waals surface area contributed by atoms with Crippen molar-refractivity contribution in [2.75, 3.05) is 0 Å². The second kappa shape index (κ2) is 8.72. The first-order chi connectivity index (χ1) is 11.2. The van der Waals surface area contributed by atoms with Crippen molar-refractivity contribution in [3.8, 4) is 0 Å². The Kier molecular flexibility index (Phi) is 7.94. The smallest absolute Gasteiger partial charge is 0.299 e. The van der Waals surface area contributed by atoms with Crippen LogP contribution in [0.25, 0.3) is 0 Å². The van der Waals surface area contributed by atoms with E-state index in [9.17, 15) is 45.1 Å². The minimum atomic E-state index is -5.77. The van der Waals surface area contributed by atoms with Crippen molar-refractivity contribution in [1.29, 1.82) is 0 Å². The highest BCUT2D eigenvalue weighted by Crippen LogP contribution is 2.24. The van der Waals surface area contributed by atoms with E-state index in [0.29, 0.717) is 6.42 Å². The van der Waals surface area contributed by atoms with E-state index in [0.717, 1.165) is 5.56 Å². The quantitative estimate of drug-likeness (QED) is 0.594. The highest BCUT2D eigenvalue weighted by atomic mass is 19.4. The van der Waals surface area contributed by atoms with Crippen LogP contribution in [0.4, 0.5) is 30.7 Å². The molecule has 0 atom stereocenters. The lowest BCUT2D eigenvalue weighted by atomic mass is 10.0. The van der Waals surface area contributed by atoms with Crippen LogP contribution in [0.3, 0.4) is 0 Å². The molecular weight excluding hydrogens is 361 g/mol. The number of halogens is 7. The number of carbonyl (C=O) groups is 3. The van der Waals surface area contributed by atoms with Crippen molar-refractivity contribution in [3.63, 3.8) is 0 Å². The van der Waals surface area contributed by atoms with Gasteiger partial charge < -0.3 is 0 Å². The summed E-state index contributed by atoms with van der Waals surface area (Å²) < 4.78 is 79.5. The Balaban J connectivity index is 0.000000463. The van der Waals surface area contributed by atoms with Gasteiger partial charge in [-0.3, -0.25) is 14.4 Å². The average molecular weight is 374 g/mol. The first-order valence-electron chi connectivity index (χ1n) is 6.66. The highest BCUT2D eigenvalue weighted by molar-refractivity contribution is 6.41. The lowest BCUT2D eigenvalue weighted by Gasteiger charge is -2.05. The maximum Gasteiger partial charge on any atom is 0.458 e. The lowest BCUT2D eigenvalue weighted by molar-refractivity contribution is -0.193. The van der Waals surface area contributed by atoms with Gasteiger partial charge in [0.25, 0.3) is 0 Å². The fourth-order valence-corrected chi connectivity index (χ4v) is 1.27. The molecule has 0 amide bonds. The molecule has 0 aliphatic heterocycles. The third kappa shape index (κ3) is 8.41. The summed E-state index contributed by atoms with van der Waals surface area (Å²) in [5.74, 6) is -6.84. The van der Waals surface area contributed by atoms with Gasteiger partial charge in [-0.25, -0.2) is 4.39 Å². The summed E-state index contributed by atoms with van der Waals surface area (Å²) in [7, 11) is 0. The van der Waals surface area contributed by atoms with Gasteiger partial charge in [-0.2, -0.15) is 26.3 Å². The molecule has 0 radical (unpaired) electrons. The lowest BCUT2D eigenvalue weighted by Crippen LogP contribution is -2.39. The van der Waals surface area contributed by atoms with Crippen molar-refractivity contribution in [2.45, 2.75) is 32.6 Å². The topological polar surface area (TPSA) is 51.2 Å². The van der Waals surface area contributed by atoms with E-state index >= 15 is 0 Å². The molecule has 25 heavy (non-hydrogen) atoms. The van der Waals surface area contributed by atoms with Crippen molar-refractivity contribution >= 4 is 17.3 Å². The van der Waals surface area contributed by atoms with Gasteiger partial charge >= 0.3 is 23.9 Å². The molecule has 0 aliphatic carbocycles. The fraction of sp³-hybridized carbons (Fsp3) is 0.400. The first kappa shape index (κ1) is 22.7. The standard InChI is InChI=1S/C11H13FO.C4F6O2/c1-8(2)11(13)7-9-3-5-10(12)6-4-9;5-3(6,7)1(11)2(12)4(8,9)10/h3-6,8H,7H2,1-2H3;. The summed E-state index contributed by atoms with van der Waals surface area (Å²) >= 11 is 0. The molecule has 0 unspecified atom stereocenters. The predicted octanol–water partition coefficient (Wildman–Crippen LogP) is 3.84. The zero-order chi connectivity index (χ0) is 20.0. The van der Waals surface area contributed by atoms with E-state index < -0.39 is 23.9 Å². The van der Waals surface area contributed by atoms with Crippen molar-refractivity contribution in [3.05, 3.63) is 35.6 Å². The molecule has 0 spiro atoms. The molecule has 140 valence electrons. The minimum absolute atomic E-state index is 0.0463. The molecular formula is C15H13F7O3. The van der Waals surface area contributed by atoms with Crippen LogP contribution >= 0.6 is 0 Å². The minimum Gasteiger partial charge on any atom is -0.299 e. The SMILES string of the molecule is CC(C)C(=O)Cc1ccc(F)cc1.O=C(C(=O)C(F)(F)F)C(F)(F)F. The Labute approximate surface area is 137 Å². The van der Waals surface area contributed by atoms with Gasteiger partial charge in [-0.15, -0.1) is 0 Å². The largest absolute Gasteiger partial charge is 0.458 e. The molecule has 0 heterocycles. The Morgan fingerprint density at radius 3 is 1.48 bits per heavy atom. The summed E-state index contributed by atoms with van der Waals surface area (Å²) in [6.07, 6.45) is -11.1. The van der Waals surface area contributed by atoms with Crippen LogP contribution in [0.2, 0.25) is 0 Å². The summed E-state index contributed by atoms with van der Waals surface area (Å²) in [6.45, 7) is 3.73. The highest BCUT2D eigenvalue weighted by Gasteiger charge is 2.54. The number of benzene rings is 1. The number of ketones is 3. The number of alkyl halides is 6. The van der Waals surface area contributed by atoms with Crippen molar-refractivity contribution < 1.29 is 45.1 Å². The summed E-state index contributed by atoms with van der Waals surface area (Å²) in [5, 5.41) is 0. The van der Waals surface area contributed by atoms with Gasteiger partial charge in [0.05, 0.1) is 0 Å². The van der Waals surface area contributed by atoms with Gasteiger partial charge in [0.1, 0.15) is 11.6 Å². The Bertz CT molecular complexity index is 589. The Hall–Kier alpha value is -2.26. The molecule has 0 saturated heterocycles. The van der Waals surface area contributed by atoms with Crippen LogP contribution < -0.4 is 0 Å². The third-order valence-electron chi connectivity index (χ3n) is 2.66. The molecule has 0 fully saturated rings. The zero-order valence-corrected chi connectivity index (χ0v) is 13.0. The Morgan fingerprint density at radius 1 is 0.840 bits per heavy atom. The first-order valence-corrected chi connectivity index (χ1v) is 6.66. The molecule has 3 nitrogen and oxygen atoms in total. The van der Waals surface area contributed by atoms with Crippen LogP contribution in [0.15, 0.2) is 24.3 Å². The van der Waals surface area contributed by atoms with E-state index in [4.69, 9.17) is 0 Å². The maximum atomic E-state index is 12.5. The number of rotatable bonds is 4. The van der Waals surface area contributed by atoms with Crippen LogP contribution in [0.1, 0.15) is 19.4 Å². The normalized spacial score (nSPS) is 11.6. The molecule has 0 aromatic heterocycles. The van der Waals surface area contributed by atoms with E-state index in [1.807, 2.05) is 13.8 Å². The fourth-order valence-electron chi connectivity index (χ4n) is 1.27. The second-order valence-corrected chi connectivity index (χ2v) is 5.08. The van der Waals surface area contributed by atoms with E-state index in [-0.39, 0.29) is 17.5 Å². The number of carbonyl (C=O) groups excluding carboxylic acids is 3. The van der Waals surface area contributed by atoms with E-state index in [1.54, 1.807) is 12.1 Å². The maximum absolute atomic E-state index is 12.5. The van der Waals surface area contributed by atoms with E-state index in [1.165, 1.54) is 12.1 Å².